The lowest BCUT2D eigenvalue weighted by molar-refractivity contribution is 0.0678. The lowest BCUT2D eigenvalue weighted by atomic mass is 9.97. The summed E-state index contributed by atoms with van der Waals surface area (Å²) in [5, 5.41) is 0.953. The van der Waals surface area contributed by atoms with E-state index >= 15 is 0 Å². The maximum atomic E-state index is 12.7. The highest BCUT2D eigenvalue weighted by Gasteiger charge is 2.29. The molecule has 1 aliphatic rings. The first-order valence-electron chi connectivity index (χ1n) is 9.96. The van der Waals surface area contributed by atoms with Gasteiger partial charge in [-0.15, -0.1) is 0 Å². The molecule has 1 saturated heterocycles. The monoisotopic (exact) mass is 404 g/mol. The Morgan fingerprint density at radius 3 is 2.48 bits per heavy atom. The van der Waals surface area contributed by atoms with E-state index < -0.39 is 0 Å². The molecule has 5 heteroatoms. The molecule has 0 radical (unpaired) electrons. The van der Waals surface area contributed by atoms with Crippen LogP contribution in [0.1, 0.15) is 36.4 Å². The summed E-state index contributed by atoms with van der Waals surface area (Å²) in [6.07, 6.45) is 4.70. The Balaban J connectivity index is 1.42. The summed E-state index contributed by atoms with van der Waals surface area (Å²) in [6, 6.07) is 24.2. The molecule has 0 unspecified atom stereocenters. The van der Waals surface area contributed by atoms with Gasteiger partial charge in [-0.05, 0) is 48.6 Å². The SMILES string of the molecule is O=C(OCc1ccccc1)N1CCCC[C@@H]1c1ccc(Sc2ccccc2)nc1. The van der Waals surface area contributed by atoms with Gasteiger partial charge in [-0.1, -0.05) is 66.4 Å². The average Bonchev–Trinajstić information content (AvgIpc) is 2.79. The molecule has 2 aromatic carbocycles. The Morgan fingerprint density at radius 2 is 1.76 bits per heavy atom. The molecule has 2 heterocycles. The number of rotatable bonds is 5. The van der Waals surface area contributed by atoms with Crippen molar-refractivity contribution in [2.75, 3.05) is 6.54 Å². The second-order valence-corrected chi connectivity index (χ2v) is 8.18. The zero-order valence-corrected chi connectivity index (χ0v) is 17.1. The maximum Gasteiger partial charge on any atom is 0.410 e. The number of hydrogen-bond donors (Lipinski definition) is 0. The van der Waals surface area contributed by atoms with Crippen molar-refractivity contribution in [3.05, 3.63) is 90.1 Å². The molecule has 1 fully saturated rings. The quantitative estimate of drug-likeness (QED) is 0.515. The summed E-state index contributed by atoms with van der Waals surface area (Å²) in [5.41, 5.74) is 2.07. The number of carbonyl (C=O) groups excluding carboxylic acids is 1. The molecule has 0 aliphatic carbocycles. The van der Waals surface area contributed by atoms with E-state index in [1.807, 2.05) is 65.7 Å². The Labute approximate surface area is 175 Å². The third kappa shape index (κ3) is 5.18. The molecule has 4 nitrogen and oxygen atoms in total. The molecule has 1 atom stereocenters. The largest absolute Gasteiger partial charge is 0.445 e. The van der Waals surface area contributed by atoms with Crippen LogP contribution >= 0.6 is 11.8 Å². The second kappa shape index (κ2) is 9.61. The smallest absolute Gasteiger partial charge is 0.410 e. The van der Waals surface area contributed by atoms with Gasteiger partial charge in [0.05, 0.1) is 6.04 Å². The van der Waals surface area contributed by atoms with Crippen LogP contribution in [0.4, 0.5) is 4.79 Å². The van der Waals surface area contributed by atoms with Gasteiger partial charge in [-0.25, -0.2) is 9.78 Å². The number of ether oxygens (including phenoxy) is 1. The Kier molecular flexibility index (Phi) is 6.47. The standard InChI is InChI=1S/C24H24N2O2S/c27-24(28-18-19-9-3-1-4-10-19)26-16-8-7-13-22(26)20-14-15-23(25-17-20)29-21-11-5-2-6-12-21/h1-6,9-12,14-15,17,22H,7-8,13,16,18H2/t22-/m1/s1. The van der Waals surface area contributed by atoms with Gasteiger partial charge in [-0.3, -0.25) is 0 Å². The minimum absolute atomic E-state index is 0.0234. The fraction of sp³-hybridized carbons (Fsp3) is 0.250. The molecule has 0 saturated carbocycles. The number of carbonyl (C=O) groups is 1. The van der Waals surface area contributed by atoms with Crippen LogP contribution in [0.25, 0.3) is 0 Å². The van der Waals surface area contributed by atoms with Crippen molar-refractivity contribution in [2.24, 2.45) is 0 Å². The van der Waals surface area contributed by atoms with E-state index in [0.717, 1.165) is 46.9 Å². The van der Waals surface area contributed by atoms with Crippen molar-refractivity contribution in [3.63, 3.8) is 0 Å². The highest BCUT2D eigenvalue weighted by atomic mass is 32.2. The number of nitrogens with zero attached hydrogens (tertiary/aromatic N) is 2. The number of likely N-dealkylation sites (tertiary alicyclic amines) is 1. The number of hydrogen-bond acceptors (Lipinski definition) is 4. The van der Waals surface area contributed by atoms with Crippen molar-refractivity contribution in [1.29, 1.82) is 0 Å². The van der Waals surface area contributed by atoms with E-state index in [1.54, 1.807) is 11.8 Å². The number of benzene rings is 2. The third-order valence-corrected chi connectivity index (χ3v) is 6.01. The highest BCUT2D eigenvalue weighted by Crippen LogP contribution is 2.33. The van der Waals surface area contributed by atoms with Gasteiger partial charge in [0.2, 0.25) is 0 Å². The summed E-state index contributed by atoms with van der Waals surface area (Å²) in [4.78, 5) is 20.4. The topological polar surface area (TPSA) is 42.4 Å². The van der Waals surface area contributed by atoms with Crippen LogP contribution in [0.3, 0.4) is 0 Å². The van der Waals surface area contributed by atoms with Gasteiger partial charge in [0.25, 0.3) is 0 Å². The predicted molar refractivity (Wildman–Crippen MR) is 115 cm³/mol. The number of pyridine rings is 1. The first-order valence-corrected chi connectivity index (χ1v) is 10.8. The lowest BCUT2D eigenvalue weighted by Gasteiger charge is -2.35. The van der Waals surface area contributed by atoms with Crippen LogP contribution in [0.2, 0.25) is 0 Å². The molecule has 4 rings (SSSR count). The molecular weight excluding hydrogens is 380 g/mol. The van der Waals surface area contributed by atoms with Crippen molar-refractivity contribution >= 4 is 17.9 Å². The summed E-state index contributed by atoms with van der Waals surface area (Å²) in [6.45, 7) is 1.02. The van der Waals surface area contributed by atoms with E-state index in [1.165, 1.54) is 0 Å². The van der Waals surface area contributed by atoms with Gasteiger partial charge in [0.15, 0.2) is 0 Å². The molecule has 3 aromatic rings. The Hall–Kier alpha value is -2.79. The predicted octanol–water partition coefficient (Wildman–Crippen LogP) is 6.10. The average molecular weight is 405 g/mol. The first-order chi connectivity index (χ1) is 14.3. The Bertz CT molecular complexity index is 917. The number of amides is 1. The minimum Gasteiger partial charge on any atom is -0.445 e. The molecule has 0 bridgehead atoms. The third-order valence-electron chi connectivity index (χ3n) is 5.05. The summed E-state index contributed by atoms with van der Waals surface area (Å²) < 4.78 is 5.58. The molecule has 1 aromatic heterocycles. The number of piperidine rings is 1. The number of aromatic nitrogens is 1. The summed E-state index contributed by atoms with van der Waals surface area (Å²) in [5.74, 6) is 0. The highest BCUT2D eigenvalue weighted by molar-refractivity contribution is 7.99. The molecular formula is C24H24N2O2S. The second-order valence-electron chi connectivity index (χ2n) is 7.09. The van der Waals surface area contributed by atoms with E-state index in [2.05, 4.69) is 23.2 Å². The lowest BCUT2D eigenvalue weighted by Crippen LogP contribution is -2.38. The summed E-state index contributed by atoms with van der Waals surface area (Å²) >= 11 is 1.64. The van der Waals surface area contributed by atoms with Gasteiger partial charge < -0.3 is 9.64 Å². The minimum atomic E-state index is -0.249. The van der Waals surface area contributed by atoms with Gasteiger partial charge >= 0.3 is 6.09 Å². The fourth-order valence-corrected chi connectivity index (χ4v) is 4.33. The van der Waals surface area contributed by atoms with Crippen LogP contribution in [-0.2, 0) is 11.3 Å². The van der Waals surface area contributed by atoms with Crippen LogP contribution in [0.5, 0.6) is 0 Å². The molecule has 1 aliphatic heterocycles. The van der Waals surface area contributed by atoms with Crippen LogP contribution in [-0.4, -0.2) is 22.5 Å². The van der Waals surface area contributed by atoms with Crippen LogP contribution in [0.15, 0.2) is 88.9 Å². The van der Waals surface area contributed by atoms with Crippen LogP contribution < -0.4 is 0 Å². The van der Waals surface area contributed by atoms with E-state index in [0.29, 0.717) is 6.61 Å². The van der Waals surface area contributed by atoms with Crippen molar-refractivity contribution in [1.82, 2.24) is 9.88 Å². The van der Waals surface area contributed by atoms with Crippen molar-refractivity contribution in [2.45, 2.75) is 41.8 Å². The summed E-state index contributed by atoms with van der Waals surface area (Å²) in [7, 11) is 0. The molecule has 148 valence electrons. The van der Waals surface area contributed by atoms with Crippen LogP contribution in [0, 0.1) is 0 Å². The van der Waals surface area contributed by atoms with Gasteiger partial charge in [0, 0.05) is 17.6 Å². The van der Waals surface area contributed by atoms with Crippen molar-refractivity contribution < 1.29 is 9.53 Å². The van der Waals surface area contributed by atoms with E-state index in [-0.39, 0.29) is 12.1 Å². The Morgan fingerprint density at radius 1 is 1.00 bits per heavy atom. The fourth-order valence-electron chi connectivity index (χ4n) is 3.56. The zero-order valence-electron chi connectivity index (χ0n) is 16.2. The zero-order chi connectivity index (χ0) is 19.9. The van der Waals surface area contributed by atoms with E-state index in [4.69, 9.17) is 4.74 Å². The molecule has 29 heavy (non-hydrogen) atoms. The first kappa shape index (κ1) is 19.5. The molecule has 1 amide bonds. The van der Waals surface area contributed by atoms with Gasteiger partial charge in [-0.2, -0.15) is 0 Å². The molecule has 0 spiro atoms. The van der Waals surface area contributed by atoms with Crippen molar-refractivity contribution in [3.8, 4) is 0 Å². The van der Waals surface area contributed by atoms with Gasteiger partial charge in [0.1, 0.15) is 11.6 Å². The molecule has 0 N–H and O–H groups in total. The maximum absolute atomic E-state index is 12.7. The normalized spacial score (nSPS) is 16.4. The van der Waals surface area contributed by atoms with E-state index in [9.17, 15) is 4.79 Å².